The smallest absolute Gasteiger partial charge is 0.303 e. The molecule has 0 amide bonds. The van der Waals surface area contributed by atoms with Crippen LogP contribution in [0.2, 0.25) is 0 Å². The number of carboxylic acid groups (broad SMARTS) is 1. The summed E-state index contributed by atoms with van der Waals surface area (Å²) in [5.41, 5.74) is 7.91. The van der Waals surface area contributed by atoms with Crippen LogP contribution in [-0.2, 0) is 4.79 Å². The second kappa shape index (κ2) is 9.24. The molecule has 1 aromatic rings. The average molecular weight is 365 g/mol. The monoisotopic (exact) mass is 364 g/mol. The minimum atomic E-state index is -0.872. The summed E-state index contributed by atoms with van der Waals surface area (Å²) >= 11 is 0. The molecule has 2 rings (SSSR count). The molecule has 26 heavy (non-hydrogen) atoms. The van der Waals surface area contributed by atoms with E-state index in [0.29, 0.717) is 35.3 Å². The first kappa shape index (κ1) is 20.5. The van der Waals surface area contributed by atoms with Crippen molar-refractivity contribution in [3.8, 4) is 0 Å². The van der Waals surface area contributed by atoms with Gasteiger partial charge in [0.25, 0.3) is 0 Å². The highest BCUT2D eigenvalue weighted by Crippen LogP contribution is 2.37. The summed E-state index contributed by atoms with van der Waals surface area (Å²) in [4.78, 5) is 13.2. The zero-order valence-electron chi connectivity index (χ0n) is 16.3. The van der Waals surface area contributed by atoms with E-state index in [1.807, 2.05) is 6.92 Å². The van der Waals surface area contributed by atoms with Gasteiger partial charge in [-0.25, -0.2) is 4.39 Å². The van der Waals surface area contributed by atoms with E-state index in [-0.39, 0.29) is 18.2 Å². The van der Waals surface area contributed by atoms with Gasteiger partial charge < -0.3 is 15.7 Å². The predicted molar refractivity (Wildman–Crippen MR) is 105 cm³/mol. The van der Waals surface area contributed by atoms with E-state index in [1.54, 1.807) is 6.07 Å². The van der Waals surface area contributed by atoms with Gasteiger partial charge in [0.2, 0.25) is 0 Å². The number of nitrogen functional groups attached to an aromatic ring is 1. The highest BCUT2D eigenvalue weighted by molar-refractivity contribution is 5.72. The first-order valence-electron chi connectivity index (χ1n) is 9.90. The molecule has 1 aliphatic carbocycles. The molecule has 0 aliphatic heterocycles. The maximum atomic E-state index is 15.1. The second-order valence-corrected chi connectivity index (χ2v) is 7.98. The van der Waals surface area contributed by atoms with Gasteiger partial charge in [0, 0.05) is 12.6 Å². The van der Waals surface area contributed by atoms with E-state index in [4.69, 9.17) is 10.8 Å². The number of halogens is 1. The molecule has 0 spiro atoms. The third kappa shape index (κ3) is 5.12. The number of rotatable bonds is 8. The summed E-state index contributed by atoms with van der Waals surface area (Å²) < 4.78 is 15.1. The molecule has 0 radical (unpaired) electrons. The van der Waals surface area contributed by atoms with Crippen molar-refractivity contribution in [2.45, 2.75) is 77.7 Å². The number of nitrogens with two attached hydrogens (primary N) is 1. The molecular weight excluding hydrogens is 331 g/mol. The molecule has 1 aliphatic rings. The van der Waals surface area contributed by atoms with Crippen molar-refractivity contribution in [3.63, 3.8) is 0 Å². The van der Waals surface area contributed by atoms with Gasteiger partial charge >= 0.3 is 5.97 Å². The van der Waals surface area contributed by atoms with Crippen LogP contribution in [0.15, 0.2) is 12.1 Å². The van der Waals surface area contributed by atoms with E-state index < -0.39 is 5.97 Å². The minimum absolute atomic E-state index is 0.00688. The van der Waals surface area contributed by atoms with Crippen molar-refractivity contribution >= 4 is 17.3 Å². The molecule has 1 unspecified atom stereocenters. The molecule has 1 aromatic carbocycles. The van der Waals surface area contributed by atoms with Gasteiger partial charge in [0.05, 0.1) is 17.8 Å². The number of aliphatic carboxylic acids is 1. The Morgan fingerprint density at radius 3 is 2.46 bits per heavy atom. The van der Waals surface area contributed by atoms with Gasteiger partial charge in [-0.15, -0.1) is 0 Å². The Kier molecular flexibility index (Phi) is 7.30. The van der Waals surface area contributed by atoms with Gasteiger partial charge in [-0.2, -0.15) is 0 Å². The highest BCUT2D eigenvalue weighted by atomic mass is 19.1. The van der Waals surface area contributed by atoms with Gasteiger partial charge in [-0.1, -0.05) is 40.0 Å². The Labute approximate surface area is 156 Å². The van der Waals surface area contributed by atoms with Crippen LogP contribution < -0.4 is 10.6 Å². The summed E-state index contributed by atoms with van der Waals surface area (Å²) in [6, 6.07) is 3.61. The standard InChI is InChI=1S/C21H33FN2O2/c1-4-15(12-20(25)26)16-10-18(22)21(19(23)11-16)24(13-14(2)3)17-8-6-5-7-9-17/h10-11,14-15,17H,4-9,12-13,23H2,1-3H3,(H,25,26). The number of anilines is 2. The third-order valence-electron chi connectivity index (χ3n) is 5.36. The molecule has 1 saturated carbocycles. The Bertz CT molecular complexity index is 589. The van der Waals surface area contributed by atoms with Crippen molar-refractivity contribution in [1.82, 2.24) is 0 Å². The summed E-state index contributed by atoms with van der Waals surface area (Å²) in [6.07, 6.45) is 6.38. The molecule has 0 heterocycles. The molecule has 0 bridgehead atoms. The van der Waals surface area contributed by atoms with E-state index in [9.17, 15) is 4.79 Å². The van der Waals surface area contributed by atoms with E-state index in [1.165, 1.54) is 25.3 Å². The minimum Gasteiger partial charge on any atom is -0.481 e. The molecular formula is C21H33FN2O2. The predicted octanol–water partition coefficient (Wildman–Crippen LogP) is 5.17. The van der Waals surface area contributed by atoms with E-state index in [2.05, 4.69) is 18.7 Å². The number of benzene rings is 1. The lowest BCUT2D eigenvalue weighted by Gasteiger charge is -2.38. The molecule has 1 atom stereocenters. The summed E-state index contributed by atoms with van der Waals surface area (Å²) in [6.45, 7) is 6.97. The largest absolute Gasteiger partial charge is 0.481 e. The number of carboxylic acids is 1. The van der Waals surface area contributed by atoms with Crippen LogP contribution in [0.1, 0.15) is 77.2 Å². The lowest BCUT2D eigenvalue weighted by Crippen LogP contribution is -2.40. The van der Waals surface area contributed by atoms with Gasteiger partial charge in [0.15, 0.2) is 0 Å². The molecule has 4 nitrogen and oxygen atoms in total. The number of nitrogens with zero attached hydrogens (tertiary/aromatic N) is 1. The Morgan fingerprint density at radius 1 is 1.31 bits per heavy atom. The van der Waals surface area contributed by atoms with Gasteiger partial charge in [-0.05, 0) is 48.8 Å². The zero-order chi connectivity index (χ0) is 19.3. The molecule has 5 heteroatoms. The third-order valence-corrected chi connectivity index (χ3v) is 5.36. The van der Waals surface area contributed by atoms with Crippen LogP contribution in [0.25, 0.3) is 0 Å². The number of carbonyl (C=O) groups is 1. The number of hydrogen-bond acceptors (Lipinski definition) is 3. The van der Waals surface area contributed by atoms with Gasteiger partial charge in [-0.3, -0.25) is 4.79 Å². The molecule has 3 N–H and O–H groups in total. The lowest BCUT2D eigenvalue weighted by atomic mass is 9.90. The topological polar surface area (TPSA) is 66.6 Å². The Balaban J connectivity index is 2.37. The maximum absolute atomic E-state index is 15.1. The molecule has 146 valence electrons. The first-order valence-corrected chi connectivity index (χ1v) is 9.90. The second-order valence-electron chi connectivity index (χ2n) is 7.98. The van der Waals surface area contributed by atoms with Crippen LogP contribution in [0, 0.1) is 11.7 Å². The fraction of sp³-hybridized carbons (Fsp3) is 0.667. The average Bonchev–Trinajstić information content (AvgIpc) is 2.58. The Morgan fingerprint density at radius 2 is 1.96 bits per heavy atom. The first-order chi connectivity index (χ1) is 12.3. The van der Waals surface area contributed by atoms with Crippen molar-refractivity contribution in [3.05, 3.63) is 23.5 Å². The Hall–Kier alpha value is -1.78. The summed E-state index contributed by atoms with van der Waals surface area (Å²) in [5, 5.41) is 9.09. The van der Waals surface area contributed by atoms with Crippen molar-refractivity contribution < 1.29 is 14.3 Å². The SMILES string of the molecule is CCC(CC(=O)O)c1cc(N)c(N(CC(C)C)C2CCCCC2)c(F)c1. The van der Waals surface area contributed by atoms with Crippen molar-refractivity contribution in [2.75, 3.05) is 17.2 Å². The number of hydrogen-bond donors (Lipinski definition) is 2. The van der Waals surface area contributed by atoms with E-state index >= 15 is 4.39 Å². The van der Waals surface area contributed by atoms with Crippen LogP contribution in [-0.4, -0.2) is 23.7 Å². The van der Waals surface area contributed by atoms with Crippen LogP contribution in [0.5, 0.6) is 0 Å². The summed E-state index contributed by atoms with van der Waals surface area (Å²) in [5.74, 6) is -1.00. The van der Waals surface area contributed by atoms with Crippen molar-refractivity contribution in [2.24, 2.45) is 5.92 Å². The molecule has 0 saturated heterocycles. The van der Waals surface area contributed by atoms with Crippen LogP contribution in [0.3, 0.4) is 0 Å². The molecule has 0 aromatic heterocycles. The van der Waals surface area contributed by atoms with E-state index in [0.717, 1.165) is 19.4 Å². The fourth-order valence-corrected chi connectivity index (χ4v) is 4.10. The normalized spacial score (nSPS) is 16.7. The van der Waals surface area contributed by atoms with Gasteiger partial charge in [0.1, 0.15) is 5.82 Å². The zero-order valence-corrected chi connectivity index (χ0v) is 16.3. The maximum Gasteiger partial charge on any atom is 0.303 e. The van der Waals surface area contributed by atoms with Crippen LogP contribution >= 0.6 is 0 Å². The lowest BCUT2D eigenvalue weighted by molar-refractivity contribution is -0.137. The highest BCUT2D eigenvalue weighted by Gasteiger charge is 2.27. The van der Waals surface area contributed by atoms with Crippen LogP contribution in [0.4, 0.5) is 15.8 Å². The fourth-order valence-electron chi connectivity index (χ4n) is 4.10. The van der Waals surface area contributed by atoms with Crippen molar-refractivity contribution in [1.29, 1.82) is 0 Å². The summed E-state index contributed by atoms with van der Waals surface area (Å²) in [7, 11) is 0. The molecule has 1 fully saturated rings. The quantitative estimate of drug-likeness (QED) is 0.624.